The van der Waals surface area contributed by atoms with Crippen LogP contribution in [0.5, 0.6) is 5.75 Å². The molecule has 2 aromatic rings. The quantitative estimate of drug-likeness (QED) is 0.609. The van der Waals surface area contributed by atoms with Crippen molar-refractivity contribution < 1.29 is 9.53 Å². The Kier molecular flexibility index (Phi) is 7.06. The number of nitrogens with one attached hydrogen (secondary N) is 1. The molecule has 1 aliphatic rings. The molecule has 0 radical (unpaired) electrons. The summed E-state index contributed by atoms with van der Waals surface area (Å²) in [5.74, 6) is 0.976. The fourth-order valence-electron chi connectivity index (χ4n) is 4.04. The fourth-order valence-corrected chi connectivity index (χ4v) is 4.88. The highest BCUT2D eigenvalue weighted by Gasteiger charge is 2.35. The molecule has 3 nitrogen and oxygen atoms in total. The predicted octanol–water partition coefficient (Wildman–Crippen LogP) is 5.37. The lowest BCUT2D eigenvalue weighted by atomic mass is 9.78. The zero-order chi connectivity index (χ0) is 20.0. The van der Waals surface area contributed by atoms with Gasteiger partial charge in [0.2, 0.25) is 5.91 Å². The minimum atomic E-state index is 0.0553. The molecule has 2 aromatic carbocycles. The number of hydrogen-bond acceptors (Lipinski definition) is 3. The Bertz CT molecular complexity index is 762. The van der Waals surface area contributed by atoms with Crippen molar-refractivity contribution in [3.8, 4) is 5.75 Å². The van der Waals surface area contributed by atoms with E-state index >= 15 is 0 Å². The van der Waals surface area contributed by atoms with E-state index in [0.29, 0.717) is 18.2 Å². The number of carbonyl (C=O) groups excluding carboxylic acids is 1. The van der Waals surface area contributed by atoms with Crippen LogP contribution < -0.4 is 10.1 Å². The van der Waals surface area contributed by atoms with Crippen LogP contribution in [-0.4, -0.2) is 24.8 Å². The lowest BCUT2D eigenvalue weighted by molar-refractivity contribution is -0.120. The topological polar surface area (TPSA) is 38.3 Å². The van der Waals surface area contributed by atoms with Crippen molar-refractivity contribution in [3.63, 3.8) is 0 Å². The molecule has 1 fully saturated rings. The van der Waals surface area contributed by atoms with Gasteiger partial charge in [-0.2, -0.15) is 0 Å². The van der Waals surface area contributed by atoms with Crippen LogP contribution >= 0.6 is 11.8 Å². The van der Waals surface area contributed by atoms with Gasteiger partial charge in [-0.1, -0.05) is 51.0 Å². The molecule has 0 spiro atoms. The summed E-state index contributed by atoms with van der Waals surface area (Å²) in [6.45, 7) is 5.08. The van der Waals surface area contributed by atoms with Crippen molar-refractivity contribution in [2.45, 2.75) is 61.5 Å². The molecule has 0 aliphatic heterocycles. The maximum absolute atomic E-state index is 12.6. The summed E-state index contributed by atoms with van der Waals surface area (Å²) in [6.07, 6.45) is 5.13. The molecule has 3 rings (SSSR count). The molecule has 0 bridgehead atoms. The molecule has 150 valence electrons. The Morgan fingerprint density at radius 1 is 1.07 bits per heavy atom. The molecular weight excluding hydrogens is 366 g/mol. The Morgan fingerprint density at radius 3 is 2.29 bits per heavy atom. The molecule has 0 aromatic heterocycles. The number of amides is 1. The van der Waals surface area contributed by atoms with Gasteiger partial charge in [-0.25, -0.2) is 0 Å². The summed E-state index contributed by atoms with van der Waals surface area (Å²) in [5.41, 5.74) is 2.43. The Hall–Kier alpha value is -1.94. The summed E-state index contributed by atoms with van der Waals surface area (Å²) in [7, 11) is 1.69. The monoisotopic (exact) mass is 397 g/mol. The van der Waals surface area contributed by atoms with Gasteiger partial charge in [-0.3, -0.25) is 4.79 Å². The molecule has 0 heterocycles. The average Bonchev–Trinajstić information content (AvgIpc) is 3.18. The Balaban J connectivity index is 1.59. The highest BCUT2D eigenvalue weighted by molar-refractivity contribution is 7.99. The van der Waals surface area contributed by atoms with Crippen molar-refractivity contribution in [3.05, 3.63) is 59.7 Å². The molecule has 4 heteroatoms. The molecule has 28 heavy (non-hydrogen) atoms. The Morgan fingerprint density at radius 2 is 1.71 bits per heavy atom. The normalized spacial score (nSPS) is 15.6. The highest BCUT2D eigenvalue weighted by atomic mass is 32.2. The summed E-state index contributed by atoms with van der Waals surface area (Å²) in [4.78, 5) is 13.8. The van der Waals surface area contributed by atoms with Crippen LogP contribution in [0, 0.1) is 0 Å². The molecule has 1 saturated carbocycles. The van der Waals surface area contributed by atoms with Gasteiger partial charge in [0, 0.05) is 22.1 Å². The van der Waals surface area contributed by atoms with E-state index in [2.05, 4.69) is 55.6 Å². The number of rotatable bonds is 8. The van der Waals surface area contributed by atoms with Crippen molar-refractivity contribution in [1.29, 1.82) is 0 Å². The van der Waals surface area contributed by atoms with Crippen LogP contribution in [0.3, 0.4) is 0 Å². The van der Waals surface area contributed by atoms with E-state index in [0.717, 1.165) is 24.2 Å². The molecular formula is C24H31NO2S. The van der Waals surface area contributed by atoms with E-state index < -0.39 is 0 Å². The zero-order valence-corrected chi connectivity index (χ0v) is 18.0. The van der Waals surface area contributed by atoms with Crippen molar-refractivity contribution in [2.75, 3.05) is 13.7 Å². The van der Waals surface area contributed by atoms with E-state index in [1.807, 2.05) is 23.9 Å². The first-order valence-corrected chi connectivity index (χ1v) is 11.1. The van der Waals surface area contributed by atoms with E-state index in [-0.39, 0.29) is 11.3 Å². The van der Waals surface area contributed by atoms with Gasteiger partial charge in [-0.15, -0.1) is 11.8 Å². The summed E-state index contributed by atoms with van der Waals surface area (Å²) in [5, 5.41) is 3.78. The molecule has 0 saturated heterocycles. The first-order chi connectivity index (χ1) is 13.5. The third-order valence-corrected chi connectivity index (χ3v) is 6.56. The van der Waals surface area contributed by atoms with Crippen LogP contribution in [0.2, 0.25) is 0 Å². The van der Waals surface area contributed by atoms with Crippen LogP contribution in [0.4, 0.5) is 0 Å². The lowest BCUT2D eigenvalue weighted by Gasteiger charge is -2.30. The standard InChI is InChI=1S/C24H31NO2S/c1-18(2)28-22-12-6-19(7-13-22)16-23(26)25-17-24(14-4-5-15-24)20-8-10-21(27-3)11-9-20/h6-13,18H,4-5,14-17H2,1-3H3,(H,25,26). The van der Waals surface area contributed by atoms with Crippen LogP contribution in [0.1, 0.15) is 50.7 Å². The maximum atomic E-state index is 12.6. The van der Waals surface area contributed by atoms with Gasteiger partial charge in [0.25, 0.3) is 0 Å². The minimum absolute atomic E-state index is 0.0553. The van der Waals surface area contributed by atoms with Gasteiger partial charge >= 0.3 is 0 Å². The second kappa shape index (κ2) is 9.51. The van der Waals surface area contributed by atoms with Crippen LogP contribution in [-0.2, 0) is 16.6 Å². The molecule has 1 amide bonds. The smallest absolute Gasteiger partial charge is 0.224 e. The first-order valence-electron chi connectivity index (χ1n) is 10.2. The minimum Gasteiger partial charge on any atom is -0.497 e. The SMILES string of the molecule is COc1ccc(C2(CNC(=O)Cc3ccc(SC(C)C)cc3)CCCC2)cc1. The maximum Gasteiger partial charge on any atom is 0.224 e. The van der Waals surface area contributed by atoms with Crippen molar-refractivity contribution >= 4 is 17.7 Å². The van der Waals surface area contributed by atoms with Gasteiger partial charge in [0.05, 0.1) is 13.5 Å². The molecule has 0 atom stereocenters. The average molecular weight is 398 g/mol. The van der Waals surface area contributed by atoms with Crippen molar-refractivity contribution in [1.82, 2.24) is 5.32 Å². The van der Waals surface area contributed by atoms with E-state index in [1.54, 1.807) is 7.11 Å². The highest BCUT2D eigenvalue weighted by Crippen LogP contribution is 2.41. The summed E-state index contributed by atoms with van der Waals surface area (Å²) < 4.78 is 5.29. The van der Waals surface area contributed by atoms with Crippen LogP contribution in [0.25, 0.3) is 0 Å². The van der Waals surface area contributed by atoms with Crippen LogP contribution in [0.15, 0.2) is 53.4 Å². The second-order valence-corrected chi connectivity index (χ2v) is 9.63. The van der Waals surface area contributed by atoms with Gasteiger partial charge < -0.3 is 10.1 Å². The third-order valence-electron chi connectivity index (χ3n) is 5.55. The lowest BCUT2D eigenvalue weighted by Crippen LogP contribution is -2.39. The van der Waals surface area contributed by atoms with E-state index in [4.69, 9.17) is 4.74 Å². The zero-order valence-electron chi connectivity index (χ0n) is 17.2. The molecule has 1 N–H and O–H groups in total. The van der Waals surface area contributed by atoms with E-state index in [9.17, 15) is 4.79 Å². The number of methoxy groups -OCH3 is 1. The van der Waals surface area contributed by atoms with Gasteiger partial charge in [0.15, 0.2) is 0 Å². The number of carbonyl (C=O) groups is 1. The molecule has 0 unspecified atom stereocenters. The van der Waals surface area contributed by atoms with Gasteiger partial charge in [0.1, 0.15) is 5.75 Å². The number of hydrogen-bond donors (Lipinski definition) is 1. The summed E-state index contributed by atoms with van der Waals surface area (Å²) >= 11 is 1.84. The second-order valence-electron chi connectivity index (χ2n) is 7.98. The predicted molar refractivity (Wildman–Crippen MR) is 117 cm³/mol. The third kappa shape index (κ3) is 5.32. The number of benzene rings is 2. The number of ether oxygens (including phenoxy) is 1. The summed E-state index contributed by atoms with van der Waals surface area (Å²) in [6, 6.07) is 16.7. The first kappa shape index (κ1) is 20.8. The molecule has 1 aliphatic carbocycles. The Labute approximate surface area is 173 Å². The largest absolute Gasteiger partial charge is 0.497 e. The van der Waals surface area contributed by atoms with E-state index in [1.165, 1.54) is 23.3 Å². The fraction of sp³-hybridized carbons (Fsp3) is 0.458. The van der Waals surface area contributed by atoms with Crippen molar-refractivity contribution in [2.24, 2.45) is 0 Å². The van der Waals surface area contributed by atoms with Gasteiger partial charge in [-0.05, 0) is 48.2 Å². The number of thioether (sulfide) groups is 1.